The van der Waals surface area contributed by atoms with Crippen molar-refractivity contribution in [2.75, 3.05) is 6.54 Å². The molecule has 0 aliphatic heterocycles. The fourth-order valence-electron chi connectivity index (χ4n) is 0.848. The molecule has 70 valence electrons. The van der Waals surface area contributed by atoms with E-state index in [0.717, 1.165) is 12.8 Å². The number of rotatable bonds is 3. The molecule has 0 heterocycles. The summed E-state index contributed by atoms with van der Waals surface area (Å²) in [7, 11) is 0. The maximum atomic E-state index is 11.6. The van der Waals surface area contributed by atoms with Crippen LogP contribution in [0.25, 0.3) is 0 Å². The van der Waals surface area contributed by atoms with E-state index in [1.54, 1.807) is 0 Å². The summed E-state index contributed by atoms with van der Waals surface area (Å²) >= 11 is 0. The fourth-order valence-corrected chi connectivity index (χ4v) is 0.848. The molecule has 0 bridgehead atoms. The van der Waals surface area contributed by atoms with E-state index in [4.69, 9.17) is 5.73 Å². The largest absolute Gasteiger partial charge is 0.350 e. The maximum Gasteiger partial charge on any atom is 0.227 e. The third kappa shape index (κ3) is 1.97. The molecule has 0 aromatic carbocycles. The van der Waals surface area contributed by atoms with Gasteiger partial charge in [-0.15, -0.1) is 0 Å². The topological polar surface area (TPSA) is 55.1 Å². The van der Waals surface area contributed by atoms with Crippen molar-refractivity contribution >= 4 is 5.91 Å². The fraction of sp³-hybridized carbons (Fsp3) is 0.889. The summed E-state index contributed by atoms with van der Waals surface area (Å²) in [5.41, 5.74) is 5.13. The Morgan fingerprint density at radius 1 is 1.58 bits per heavy atom. The highest BCUT2D eigenvalue weighted by Crippen LogP contribution is 2.35. The molecule has 1 saturated carbocycles. The first-order valence-electron chi connectivity index (χ1n) is 4.42. The molecule has 0 aromatic rings. The molecule has 1 fully saturated rings. The van der Waals surface area contributed by atoms with Crippen molar-refractivity contribution in [3.63, 3.8) is 0 Å². The molecular formula is C9H18N2O. The van der Waals surface area contributed by atoms with Crippen molar-refractivity contribution in [3.05, 3.63) is 0 Å². The van der Waals surface area contributed by atoms with Crippen LogP contribution in [0.5, 0.6) is 0 Å². The lowest BCUT2D eigenvalue weighted by atomic mass is 9.92. The summed E-state index contributed by atoms with van der Waals surface area (Å²) in [5, 5.41) is 3.00. The van der Waals surface area contributed by atoms with Gasteiger partial charge < -0.3 is 11.1 Å². The van der Waals surface area contributed by atoms with Gasteiger partial charge in [0.25, 0.3) is 0 Å². The van der Waals surface area contributed by atoms with Gasteiger partial charge in [-0.1, -0.05) is 0 Å². The van der Waals surface area contributed by atoms with Crippen LogP contribution in [0.1, 0.15) is 33.6 Å². The molecule has 1 aliphatic rings. The Kier molecular flexibility index (Phi) is 2.17. The van der Waals surface area contributed by atoms with Gasteiger partial charge in [-0.25, -0.2) is 0 Å². The van der Waals surface area contributed by atoms with Crippen LogP contribution < -0.4 is 11.1 Å². The van der Waals surface area contributed by atoms with E-state index in [1.807, 2.05) is 13.8 Å². The quantitative estimate of drug-likeness (QED) is 0.653. The first-order chi connectivity index (χ1) is 5.40. The average Bonchev–Trinajstić information content (AvgIpc) is 2.68. The normalized spacial score (nSPS) is 20.3. The van der Waals surface area contributed by atoms with E-state index in [1.165, 1.54) is 0 Å². The monoisotopic (exact) mass is 170 g/mol. The summed E-state index contributed by atoms with van der Waals surface area (Å²) in [6.07, 6.45) is 2.19. The molecule has 1 rings (SSSR count). The van der Waals surface area contributed by atoms with Gasteiger partial charge in [0, 0.05) is 12.1 Å². The van der Waals surface area contributed by atoms with Crippen LogP contribution in [-0.2, 0) is 4.79 Å². The Morgan fingerprint density at radius 3 is 2.42 bits per heavy atom. The van der Waals surface area contributed by atoms with Crippen LogP contribution >= 0.6 is 0 Å². The predicted octanol–water partition coefficient (Wildman–Crippen LogP) is 0.640. The third-order valence-corrected chi connectivity index (χ3v) is 2.54. The average molecular weight is 170 g/mol. The summed E-state index contributed by atoms with van der Waals surface area (Å²) in [6, 6.07) is 0. The molecule has 1 amide bonds. The molecule has 1 aliphatic carbocycles. The van der Waals surface area contributed by atoms with E-state index >= 15 is 0 Å². The molecule has 0 unspecified atom stereocenters. The number of nitrogens with two attached hydrogens (primary N) is 1. The lowest BCUT2D eigenvalue weighted by Gasteiger charge is -2.24. The van der Waals surface area contributed by atoms with Crippen LogP contribution in [-0.4, -0.2) is 18.0 Å². The van der Waals surface area contributed by atoms with Gasteiger partial charge in [0.2, 0.25) is 5.91 Å². The van der Waals surface area contributed by atoms with Gasteiger partial charge in [0.1, 0.15) is 0 Å². The highest BCUT2D eigenvalue weighted by molar-refractivity contribution is 5.83. The highest BCUT2D eigenvalue weighted by atomic mass is 16.2. The Bertz CT molecular complexity index is 195. The Morgan fingerprint density at radius 2 is 2.08 bits per heavy atom. The van der Waals surface area contributed by atoms with Gasteiger partial charge in [0.05, 0.1) is 5.41 Å². The van der Waals surface area contributed by atoms with Gasteiger partial charge in [-0.3, -0.25) is 4.79 Å². The van der Waals surface area contributed by atoms with Crippen molar-refractivity contribution < 1.29 is 4.79 Å². The van der Waals surface area contributed by atoms with Crippen molar-refractivity contribution in [1.29, 1.82) is 0 Å². The molecule has 3 heteroatoms. The molecule has 3 nitrogen and oxygen atoms in total. The minimum Gasteiger partial charge on any atom is -0.350 e. The minimum atomic E-state index is -0.425. The zero-order valence-electron chi connectivity index (χ0n) is 8.11. The summed E-state index contributed by atoms with van der Waals surface area (Å²) in [4.78, 5) is 11.6. The van der Waals surface area contributed by atoms with Crippen molar-refractivity contribution in [1.82, 2.24) is 5.32 Å². The van der Waals surface area contributed by atoms with Crippen molar-refractivity contribution in [2.45, 2.75) is 39.2 Å². The van der Waals surface area contributed by atoms with E-state index in [0.29, 0.717) is 6.54 Å². The smallest absolute Gasteiger partial charge is 0.227 e. The molecular weight excluding hydrogens is 152 g/mol. The second kappa shape index (κ2) is 2.73. The summed E-state index contributed by atoms with van der Waals surface area (Å²) < 4.78 is 0. The number of hydrogen-bond acceptors (Lipinski definition) is 2. The van der Waals surface area contributed by atoms with Crippen LogP contribution in [0.3, 0.4) is 0 Å². The van der Waals surface area contributed by atoms with Gasteiger partial charge in [-0.05, 0) is 33.6 Å². The van der Waals surface area contributed by atoms with Crippen LogP contribution in [0.15, 0.2) is 0 Å². The predicted molar refractivity (Wildman–Crippen MR) is 48.6 cm³/mol. The lowest BCUT2D eigenvalue weighted by molar-refractivity contribution is -0.129. The molecule has 0 spiro atoms. The van der Waals surface area contributed by atoms with E-state index in [2.05, 4.69) is 12.2 Å². The maximum absolute atomic E-state index is 11.6. The van der Waals surface area contributed by atoms with E-state index in [-0.39, 0.29) is 11.4 Å². The SMILES string of the molecule is CC1(NC(=O)C(C)(C)CN)CC1. The van der Waals surface area contributed by atoms with Crippen LogP contribution in [0.4, 0.5) is 0 Å². The first kappa shape index (κ1) is 9.52. The standard InChI is InChI=1S/C9H18N2O/c1-8(2,6-10)7(12)11-9(3)4-5-9/h4-6,10H2,1-3H3,(H,11,12). The van der Waals surface area contributed by atoms with E-state index in [9.17, 15) is 4.79 Å². The lowest BCUT2D eigenvalue weighted by Crippen LogP contribution is -2.46. The Labute approximate surface area is 73.7 Å². The van der Waals surface area contributed by atoms with Crippen molar-refractivity contribution in [2.24, 2.45) is 11.1 Å². The molecule has 0 radical (unpaired) electrons. The second-order valence-corrected chi connectivity index (χ2v) is 4.60. The van der Waals surface area contributed by atoms with Gasteiger partial charge in [-0.2, -0.15) is 0 Å². The molecule has 0 aromatic heterocycles. The van der Waals surface area contributed by atoms with Crippen LogP contribution in [0, 0.1) is 5.41 Å². The third-order valence-electron chi connectivity index (χ3n) is 2.54. The minimum absolute atomic E-state index is 0.0729. The number of hydrogen-bond donors (Lipinski definition) is 2. The Balaban J connectivity index is 2.47. The molecule has 0 atom stereocenters. The molecule has 12 heavy (non-hydrogen) atoms. The van der Waals surface area contributed by atoms with Crippen LogP contribution in [0.2, 0.25) is 0 Å². The molecule has 3 N–H and O–H groups in total. The van der Waals surface area contributed by atoms with E-state index < -0.39 is 5.41 Å². The van der Waals surface area contributed by atoms with Gasteiger partial charge >= 0.3 is 0 Å². The van der Waals surface area contributed by atoms with Gasteiger partial charge in [0.15, 0.2) is 0 Å². The van der Waals surface area contributed by atoms with Crippen molar-refractivity contribution in [3.8, 4) is 0 Å². The zero-order chi connectivity index (χ0) is 9.41. The number of carbonyl (C=O) groups excluding carboxylic acids is 1. The second-order valence-electron chi connectivity index (χ2n) is 4.60. The first-order valence-corrected chi connectivity index (χ1v) is 4.42. The number of nitrogens with one attached hydrogen (secondary N) is 1. The number of amides is 1. The number of carbonyl (C=O) groups is 1. The molecule has 0 saturated heterocycles. The summed E-state index contributed by atoms with van der Waals surface area (Å²) in [6.45, 7) is 6.20. The summed E-state index contributed by atoms with van der Waals surface area (Å²) in [5.74, 6) is 0.0741. The zero-order valence-corrected chi connectivity index (χ0v) is 8.11. The Hall–Kier alpha value is -0.570. The highest BCUT2D eigenvalue weighted by Gasteiger charge is 2.41.